The highest BCUT2D eigenvalue weighted by Gasteiger charge is 2.21. The Morgan fingerprint density at radius 2 is 2.50 bits per heavy atom. The molecular formula is C12H17N3O3. The number of carbonyl (C=O) groups is 1. The smallest absolute Gasteiger partial charge is 0.341 e. The molecule has 1 saturated heterocycles. The number of carboxylic acid groups (broad SMARTS) is 1. The molecule has 18 heavy (non-hydrogen) atoms. The second kappa shape index (κ2) is 5.77. The fourth-order valence-corrected chi connectivity index (χ4v) is 2.22. The Balaban J connectivity index is 1.88. The average molecular weight is 251 g/mol. The van der Waals surface area contributed by atoms with Crippen LogP contribution in [0, 0.1) is 0 Å². The SMILES string of the molecule is CN1CCCC1CCOc1nnccc1C(=O)O. The number of ether oxygens (including phenoxy) is 1. The Bertz CT molecular complexity index is 425. The number of hydrogen-bond acceptors (Lipinski definition) is 5. The largest absolute Gasteiger partial charge is 0.477 e. The van der Waals surface area contributed by atoms with Gasteiger partial charge in [-0.15, -0.1) is 5.10 Å². The minimum atomic E-state index is -1.04. The van der Waals surface area contributed by atoms with E-state index in [2.05, 4.69) is 22.1 Å². The Morgan fingerprint density at radius 3 is 3.17 bits per heavy atom. The van der Waals surface area contributed by atoms with E-state index in [0.717, 1.165) is 13.0 Å². The number of aromatic nitrogens is 2. The van der Waals surface area contributed by atoms with Gasteiger partial charge in [-0.2, -0.15) is 5.10 Å². The van der Waals surface area contributed by atoms with Crippen LogP contribution in [0.25, 0.3) is 0 Å². The first-order chi connectivity index (χ1) is 8.68. The lowest BCUT2D eigenvalue weighted by Crippen LogP contribution is -2.26. The van der Waals surface area contributed by atoms with Gasteiger partial charge in [0.1, 0.15) is 5.56 Å². The summed E-state index contributed by atoms with van der Waals surface area (Å²) in [5.41, 5.74) is 0.0600. The standard InChI is InChI=1S/C12H17N3O3/c1-15-7-2-3-9(15)5-8-18-11-10(12(16)17)4-6-13-14-11/h4,6,9H,2-3,5,7-8H2,1H3,(H,16,17). The minimum absolute atomic E-state index is 0.0600. The van der Waals surface area contributed by atoms with Gasteiger partial charge in [0.25, 0.3) is 0 Å². The number of rotatable bonds is 5. The number of hydrogen-bond donors (Lipinski definition) is 1. The lowest BCUT2D eigenvalue weighted by atomic mass is 10.1. The number of aromatic carboxylic acids is 1. The van der Waals surface area contributed by atoms with Crippen LogP contribution in [0.1, 0.15) is 29.6 Å². The highest BCUT2D eigenvalue weighted by molar-refractivity contribution is 5.89. The normalized spacial score (nSPS) is 19.9. The molecule has 6 nitrogen and oxygen atoms in total. The van der Waals surface area contributed by atoms with Crippen molar-refractivity contribution in [2.75, 3.05) is 20.2 Å². The summed E-state index contributed by atoms with van der Waals surface area (Å²) < 4.78 is 5.43. The van der Waals surface area contributed by atoms with E-state index in [0.29, 0.717) is 12.6 Å². The number of carboxylic acids is 1. The molecule has 0 radical (unpaired) electrons. The number of nitrogens with zero attached hydrogens (tertiary/aromatic N) is 3. The Hall–Kier alpha value is -1.69. The predicted molar refractivity (Wildman–Crippen MR) is 64.8 cm³/mol. The maximum Gasteiger partial charge on any atom is 0.341 e. The lowest BCUT2D eigenvalue weighted by Gasteiger charge is -2.19. The Morgan fingerprint density at radius 1 is 1.67 bits per heavy atom. The van der Waals surface area contributed by atoms with Gasteiger partial charge in [0, 0.05) is 6.04 Å². The maximum absolute atomic E-state index is 10.9. The van der Waals surface area contributed by atoms with Crippen LogP contribution < -0.4 is 4.74 Å². The van der Waals surface area contributed by atoms with Crippen LogP contribution in [0.2, 0.25) is 0 Å². The Labute approximate surface area is 106 Å². The zero-order chi connectivity index (χ0) is 13.0. The van der Waals surface area contributed by atoms with Crippen LogP contribution in [0.3, 0.4) is 0 Å². The van der Waals surface area contributed by atoms with Crippen LogP contribution in [-0.4, -0.2) is 52.4 Å². The topological polar surface area (TPSA) is 75.5 Å². The average Bonchev–Trinajstić information content (AvgIpc) is 2.76. The van der Waals surface area contributed by atoms with Gasteiger partial charge >= 0.3 is 5.97 Å². The van der Waals surface area contributed by atoms with E-state index in [1.54, 1.807) is 0 Å². The van der Waals surface area contributed by atoms with Crippen LogP contribution in [0.5, 0.6) is 5.88 Å². The summed E-state index contributed by atoms with van der Waals surface area (Å²) >= 11 is 0. The second-order valence-corrected chi connectivity index (χ2v) is 4.47. The second-order valence-electron chi connectivity index (χ2n) is 4.47. The van der Waals surface area contributed by atoms with E-state index in [1.165, 1.54) is 25.1 Å². The van der Waals surface area contributed by atoms with E-state index < -0.39 is 5.97 Å². The first kappa shape index (κ1) is 12.8. The van der Waals surface area contributed by atoms with Crippen molar-refractivity contribution in [1.29, 1.82) is 0 Å². The molecule has 0 aliphatic carbocycles. The third-order valence-corrected chi connectivity index (χ3v) is 3.28. The first-order valence-corrected chi connectivity index (χ1v) is 6.06. The van der Waals surface area contributed by atoms with Crippen LogP contribution in [0.15, 0.2) is 12.3 Å². The molecule has 1 unspecified atom stereocenters. The monoisotopic (exact) mass is 251 g/mol. The fraction of sp³-hybridized carbons (Fsp3) is 0.583. The molecule has 6 heteroatoms. The molecule has 1 aromatic rings. The molecule has 0 aromatic carbocycles. The van der Waals surface area contributed by atoms with Crippen molar-refractivity contribution in [3.05, 3.63) is 17.8 Å². The van der Waals surface area contributed by atoms with Crippen molar-refractivity contribution < 1.29 is 14.6 Å². The van der Waals surface area contributed by atoms with Crippen LogP contribution in [0.4, 0.5) is 0 Å². The quantitative estimate of drug-likeness (QED) is 0.842. The summed E-state index contributed by atoms with van der Waals surface area (Å²) in [4.78, 5) is 13.2. The minimum Gasteiger partial charge on any atom is -0.477 e. The first-order valence-electron chi connectivity index (χ1n) is 6.06. The maximum atomic E-state index is 10.9. The van der Waals surface area contributed by atoms with Crippen molar-refractivity contribution >= 4 is 5.97 Å². The molecule has 0 bridgehead atoms. The molecule has 98 valence electrons. The summed E-state index contributed by atoms with van der Waals surface area (Å²) in [5, 5.41) is 16.3. The summed E-state index contributed by atoms with van der Waals surface area (Å²) in [6.45, 7) is 1.59. The van der Waals surface area contributed by atoms with E-state index in [9.17, 15) is 4.79 Å². The van der Waals surface area contributed by atoms with Crippen LogP contribution >= 0.6 is 0 Å². The van der Waals surface area contributed by atoms with Gasteiger partial charge in [-0.1, -0.05) is 0 Å². The third-order valence-electron chi connectivity index (χ3n) is 3.28. The number of likely N-dealkylation sites (tertiary alicyclic amines) is 1. The van der Waals surface area contributed by atoms with E-state index in [-0.39, 0.29) is 11.4 Å². The molecule has 0 saturated carbocycles. The van der Waals surface area contributed by atoms with Gasteiger partial charge in [0.2, 0.25) is 5.88 Å². The van der Waals surface area contributed by atoms with Gasteiger partial charge in [-0.3, -0.25) is 0 Å². The Kier molecular flexibility index (Phi) is 4.09. The van der Waals surface area contributed by atoms with E-state index in [1.807, 2.05) is 0 Å². The van der Waals surface area contributed by atoms with Gasteiger partial charge in [0.15, 0.2) is 0 Å². The van der Waals surface area contributed by atoms with Crippen molar-refractivity contribution in [2.45, 2.75) is 25.3 Å². The summed E-state index contributed by atoms with van der Waals surface area (Å²) in [6.07, 6.45) is 4.62. The third kappa shape index (κ3) is 2.95. The van der Waals surface area contributed by atoms with Gasteiger partial charge in [-0.05, 0) is 38.9 Å². The fourth-order valence-electron chi connectivity index (χ4n) is 2.22. The summed E-state index contributed by atoms with van der Waals surface area (Å²) in [7, 11) is 2.10. The molecule has 1 fully saturated rings. The van der Waals surface area contributed by atoms with E-state index in [4.69, 9.17) is 9.84 Å². The molecule has 1 N–H and O–H groups in total. The lowest BCUT2D eigenvalue weighted by molar-refractivity contribution is 0.0690. The zero-order valence-electron chi connectivity index (χ0n) is 10.4. The van der Waals surface area contributed by atoms with Gasteiger partial charge < -0.3 is 14.7 Å². The molecule has 0 spiro atoms. The molecular weight excluding hydrogens is 234 g/mol. The molecule has 2 heterocycles. The molecule has 2 rings (SSSR count). The molecule has 1 aliphatic heterocycles. The summed E-state index contributed by atoms with van der Waals surface area (Å²) in [5.74, 6) is -0.941. The van der Waals surface area contributed by atoms with Gasteiger partial charge in [-0.25, -0.2) is 4.79 Å². The predicted octanol–water partition coefficient (Wildman–Crippen LogP) is 1.04. The molecule has 1 atom stereocenters. The molecule has 1 aromatic heterocycles. The van der Waals surface area contributed by atoms with Gasteiger partial charge in [0.05, 0.1) is 12.8 Å². The van der Waals surface area contributed by atoms with Crippen LogP contribution in [-0.2, 0) is 0 Å². The van der Waals surface area contributed by atoms with Crippen molar-refractivity contribution in [1.82, 2.24) is 15.1 Å². The van der Waals surface area contributed by atoms with E-state index >= 15 is 0 Å². The molecule has 1 aliphatic rings. The highest BCUT2D eigenvalue weighted by atomic mass is 16.5. The summed E-state index contributed by atoms with van der Waals surface area (Å²) in [6, 6.07) is 1.92. The zero-order valence-corrected chi connectivity index (χ0v) is 10.4. The highest BCUT2D eigenvalue weighted by Crippen LogP contribution is 2.19. The van der Waals surface area contributed by atoms with Crippen molar-refractivity contribution in [3.63, 3.8) is 0 Å². The molecule has 0 amide bonds. The van der Waals surface area contributed by atoms with Crippen molar-refractivity contribution in [2.24, 2.45) is 0 Å². The van der Waals surface area contributed by atoms with Crippen molar-refractivity contribution in [3.8, 4) is 5.88 Å².